The zero-order valence-corrected chi connectivity index (χ0v) is 24.5. The van der Waals surface area contributed by atoms with Crippen LogP contribution in [0.4, 0.5) is 22.1 Å². The fourth-order valence-electron chi connectivity index (χ4n) is 4.47. The van der Waals surface area contributed by atoms with Crippen LogP contribution in [0, 0.1) is 6.92 Å². The Hall–Kier alpha value is -5.22. The van der Waals surface area contributed by atoms with Crippen LogP contribution in [0.2, 0.25) is 0 Å². The van der Waals surface area contributed by atoms with E-state index in [0.717, 1.165) is 33.3 Å². The number of ether oxygens (including phenoxy) is 1. The largest absolute Gasteiger partial charge is 0.488 e. The molecule has 3 aromatic carbocycles. The molecule has 3 amide bonds. The van der Waals surface area contributed by atoms with E-state index in [1.807, 2.05) is 67.6 Å². The van der Waals surface area contributed by atoms with E-state index < -0.39 is 18.5 Å². The van der Waals surface area contributed by atoms with E-state index in [4.69, 9.17) is 14.9 Å². The van der Waals surface area contributed by atoms with E-state index >= 15 is 0 Å². The first-order chi connectivity index (χ1) is 20.6. The number of benzene rings is 3. The normalized spacial score (nSPS) is 11.3. The van der Waals surface area contributed by atoms with Gasteiger partial charge in [0, 0.05) is 28.5 Å². The van der Waals surface area contributed by atoms with Crippen LogP contribution in [0.5, 0.6) is 5.75 Å². The molecule has 0 bridgehead atoms. The minimum Gasteiger partial charge on any atom is -0.488 e. The second-order valence-corrected chi connectivity index (χ2v) is 11.2. The lowest BCUT2D eigenvalue weighted by molar-refractivity contribution is -0.118. The maximum absolute atomic E-state index is 13.3. The average molecular weight is 579 g/mol. The van der Waals surface area contributed by atoms with Gasteiger partial charge in [0.1, 0.15) is 30.6 Å². The fourth-order valence-corrected chi connectivity index (χ4v) is 4.47. The summed E-state index contributed by atoms with van der Waals surface area (Å²) in [6.45, 7) is 7.87. The molecule has 0 aliphatic carbocycles. The van der Waals surface area contributed by atoms with Crippen LogP contribution in [0.15, 0.2) is 85.1 Å². The lowest BCUT2D eigenvalue weighted by Crippen LogP contribution is -2.21. The number of nitrogens with zero attached hydrogens (tertiary/aromatic N) is 3. The molecule has 0 aliphatic rings. The Labute approximate surface area is 249 Å². The van der Waals surface area contributed by atoms with Crippen molar-refractivity contribution in [3.05, 3.63) is 102 Å². The monoisotopic (exact) mass is 578 g/mol. The van der Waals surface area contributed by atoms with Gasteiger partial charge in [-0.25, -0.2) is 14.5 Å². The predicted octanol–water partition coefficient (Wildman–Crippen LogP) is 6.18. The molecule has 5 aromatic rings. The molecule has 10 nitrogen and oxygen atoms in total. The van der Waals surface area contributed by atoms with Crippen molar-refractivity contribution in [1.29, 1.82) is 0 Å². The van der Waals surface area contributed by atoms with Crippen molar-refractivity contribution < 1.29 is 19.4 Å². The molecule has 2 aromatic heterocycles. The maximum Gasteiger partial charge on any atom is 0.324 e. The molecule has 2 heterocycles. The van der Waals surface area contributed by atoms with E-state index in [9.17, 15) is 9.59 Å². The predicted molar refractivity (Wildman–Crippen MR) is 168 cm³/mol. The molecule has 0 saturated heterocycles. The van der Waals surface area contributed by atoms with Crippen molar-refractivity contribution in [3.63, 3.8) is 0 Å². The van der Waals surface area contributed by atoms with E-state index in [2.05, 4.69) is 41.7 Å². The van der Waals surface area contributed by atoms with Gasteiger partial charge < -0.3 is 20.5 Å². The lowest BCUT2D eigenvalue weighted by atomic mass is 9.92. The Morgan fingerprint density at radius 3 is 2.37 bits per heavy atom. The van der Waals surface area contributed by atoms with Gasteiger partial charge in [-0.3, -0.25) is 10.1 Å². The van der Waals surface area contributed by atoms with Crippen molar-refractivity contribution in [2.45, 2.75) is 39.7 Å². The Morgan fingerprint density at radius 1 is 0.907 bits per heavy atom. The van der Waals surface area contributed by atoms with Gasteiger partial charge in [0.15, 0.2) is 0 Å². The number of hydrogen-bond donors (Lipinski definition) is 4. The first kappa shape index (κ1) is 29.3. The van der Waals surface area contributed by atoms with Crippen LogP contribution in [-0.2, 0) is 16.8 Å². The zero-order valence-electron chi connectivity index (χ0n) is 24.5. The highest BCUT2D eigenvalue weighted by molar-refractivity contribution is 6.07. The molecule has 5 rings (SSSR count). The Bertz CT molecular complexity index is 1770. The van der Waals surface area contributed by atoms with Crippen LogP contribution in [0.3, 0.4) is 0 Å². The van der Waals surface area contributed by atoms with Crippen molar-refractivity contribution in [1.82, 2.24) is 14.8 Å². The van der Waals surface area contributed by atoms with Gasteiger partial charge in [-0.1, -0.05) is 62.7 Å². The summed E-state index contributed by atoms with van der Waals surface area (Å²) < 4.78 is 7.87. The van der Waals surface area contributed by atoms with E-state index in [0.29, 0.717) is 23.1 Å². The van der Waals surface area contributed by atoms with Crippen LogP contribution >= 0.6 is 0 Å². The van der Waals surface area contributed by atoms with Crippen molar-refractivity contribution in [2.24, 2.45) is 0 Å². The van der Waals surface area contributed by atoms with Gasteiger partial charge in [0.25, 0.3) is 5.91 Å². The topological polar surface area (TPSA) is 130 Å². The number of amides is 3. The van der Waals surface area contributed by atoms with Gasteiger partial charge in [0.2, 0.25) is 0 Å². The Balaban J connectivity index is 1.35. The van der Waals surface area contributed by atoms with Crippen molar-refractivity contribution in [2.75, 3.05) is 22.6 Å². The average Bonchev–Trinajstić information content (AvgIpc) is 3.41. The summed E-state index contributed by atoms with van der Waals surface area (Å²) in [6.07, 6.45) is 1.56. The number of aliphatic hydroxyl groups excluding tert-OH is 1. The number of urea groups is 1. The third-order valence-electron chi connectivity index (χ3n) is 6.76. The summed E-state index contributed by atoms with van der Waals surface area (Å²) in [4.78, 5) is 28.9. The van der Waals surface area contributed by atoms with Crippen LogP contribution in [0.25, 0.3) is 16.5 Å². The molecule has 220 valence electrons. The summed E-state index contributed by atoms with van der Waals surface area (Å²) in [5, 5.41) is 23.9. The molecule has 0 aliphatic heterocycles. The molecule has 0 atom stereocenters. The maximum atomic E-state index is 13.3. The first-order valence-electron chi connectivity index (χ1n) is 13.9. The highest BCUT2D eigenvalue weighted by Gasteiger charge is 2.22. The molecular formula is C33H34N6O4. The number of pyridine rings is 1. The molecule has 0 radical (unpaired) electrons. The molecule has 43 heavy (non-hydrogen) atoms. The third-order valence-corrected chi connectivity index (χ3v) is 6.76. The summed E-state index contributed by atoms with van der Waals surface area (Å²) >= 11 is 0. The second-order valence-electron chi connectivity index (χ2n) is 11.2. The number of rotatable bonds is 8. The molecular weight excluding hydrogens is 544 g/mol. The van der Waals surface area contributed by atoms with Gasteiger partial charge in [-0.2, -0.15) is 5.10 Å². The minimum atomic E-state index is -0.624. The number of fused-ring (bicyclic) bond motifs is 1. The standard InChI is InChI=1S/C33H34N6O4/c1-21-9-11-23(12-10-21)39-30(18-28(38-39)33(2,3)4)37-32(42)35-26-13-14-27(25-8-6-5-7-24(25)26)43-20-22-15-16-34-29(17-22)36-31(41)19-40/h5-18,40H,19-20H2,1-4H3,(H,34,36,41)(H2,35,37,42). The van der Waals surface area contributed by atoms with E-state index in [1.54, 1.807) is 29.1 Å². The summed E-state index contributed by atoms with van der Waals surface area (Å²) in [7, 11) is 0. The Morgan fingerprint density at radius 2 is 1.65 bits per heavy atom. The van der Waals surface area contributed by atoms with Crippen LogP contribution < -0.4 is 20.7 Å². The number of aliphatic hydroxyl groups is 1. The summed E-state index contributed by atoms with van der Waals surface area (Å²) in [5.41, 5.74) is 4.04. The molecule has 10 heteroatoms. The van der Waals surface area contributed by atoms with E-state index in [-0.39, 0.29) is 12.0 Å². The lowest BCUT2D eigenvalue weighted by Gasteiger charge is -2.15. The summed E-state index contributed by atoms with van der Waals surface area (Å²) in [5.74, 6) is 0.973. The van der Waals surface area contributed by atoms with Gasteiger partial charge in [-0.15, -0.1) is 0 Å². The Kier molecular flexibility index (Phi) is 8.40. The number of aryl methyl sites for hydroxylation is 1. The van der Waals surface area contributed by atoms with Gasteiger partial charge >= 0.3 is 6.03 Å². The number of carbonyl (C=O) groups is 2. The second kappa shape index (κ2) is 12.3. The van der Waals surface area contributed by atoms with Gasteiger partial charge in [0.05, 0.1) is 17.1 Å². The van der Waals surface area contributed by atoms with Gasteiger partial charge in [-0.05, 0) is 48.9 Å². The zero-order chi connectivity index (χ0) is 30.6. The quantitative estimate of drug-likeness (QED) is 0.174. The summed E-state index contributed by atoms with van der Waals surface area (Å²) in [6, 6.07) is 24.2. The SMILES string of the molecule is Cc1ccc(-n2nc(C(C)(C)C)cc2NC(=O)Nc2ccc(OCc3ccnc(NC(=O)CO)c3)c3ccccc23)cc1. The molecule has 0 saturated carbocycles. The minimum absolute atomic E-state index is 0.208. The smallest absolute Gasteiger partial charge is 0.324 e. The van der Waals surface area contributed by atoms with E-state index in [1.165, 1.54) is 0 Å². The van der Waals surface area contributed by atoms with Crippen LogP contribution in [-0.4, -0.2) is 38.4 Å². The third kappa shape index (κ3) is 6.99. The molecule has 0 unspecified atom stereocenters. The highest BCUT2D eigenvalue weighted by Crippen LogP contribution is 2.33. The molecule has 4 N–H and O–H groups in total. The number of hydrogen-bond acceptors (Lipinski definition) is 6. The molecule has 0 fully saturated rings. The van der Waals surface area contributed by atoms with Crippen molar-refractivity contribution in [3.8, 4) is 11.4 Å². The number of aromatic nitrogens is 3. The highest BCUT2D eigenvalue weighted by atomic mass is 16.5. The van der Waals surface area contributed by atoms with Crippen molar-refractivity contribution >= 4 is 40.0 Å². The van der Waals surface area contributed by atoms with Crippen LogP contribution in [0.1, 0.15) is 37.6 Å². The molecule has 0 spiro atoms. The number of carbonyl (C=O) groups excluding carboxylic acids is 2. The first-order valence-corrected chi connectivity index (χ1v) is 13.9. The number of anilines is 3. The number of nitrogens with one attached hydrogen (secondary N) is 3. The fraction of sp³-hybridized carbons (Fsp3) is 0.212.